The first-order valence-corrected chi connectivity index (χ1v) is 5.15. The van der Waals surface area contributed by atoms with E-state index in [1.165, 1.54) is 5.82 Å². The zero-order chi connectivity index (χ0) is 8.27. The van der Waals surface area contributed by atoms with Crippen LogP contribution in [0.2, 0.25) is 0 Å². The molecule has 0 aliphatic carbocycles. The average Bonchev–Trinajstić information content (AvgIpc) is 2.36. The van der Waals surface area contributed by atoms with Crippen LogP contribution >= 0.6 is 11.8 Å². The van der Waals surface area contributed by atoms with Crippen molar-refractivity contribution in [2.45, 2.75) is 25.6 Å². The highest BCUT2D eigenvalue weighted by Crippen LogP contribution is 2.12. The van der Waals surface area contributed by atoms with Crippen molar-refractivity contribution in [2.24, 2.45) is 0 Å². The lowest BCUT2D eigenvalue weighted by Crippen LogP contribution is -2.03. The van der Waals surface area contributed by atoms with Gasteiger partial charge in [0.2, 0.25) is 0 Å². The summed E-state index contributed by atoms with van der Waals surface area (Å²) in [4.78, 5) is 4.27. The predicted molar refractivity (Wildman–Crippen MR) is 49.8 cm³/mol. The fourth-order valence-electron chi connectivity index (χ4n) is 1.05. The molecule has 0 saturated carbocycles. The standard InChI is InChI=1S/C8H14N2S/c1-7(2)10-5-4-9-8(10)6-11-3/h4-5,7H,6H2,1-3H3. The van der Waals surface area contributed by atoms with E-state index in [2.05, 4.69) is 29.7 Å². The van der Waals surface area contributed by atoms with Gasteiger partial charge in [-0.05, 0) is 20.1 Å². The van der Waals surface area contributed by atoms with Crippen LogP contribution in [0.5, 0.6) is 0 Å². The molecule has 11 heavy (non-hydrogen) atoms. The van der Waals surface area contributed by atoms with E-state index >= 15 is 0 Å². The van der Waals surface area contributed by atoms with E-state index in [0.29, 0.717) is 6.04 Å². The highest BCUT2D eigenvalue weighted by Gasteiger charge is 2.03. The summed E-state index contributed by atoms with van der Waals surface area (Å²) in [5.41, 5.74) is 0. The van der Waals surface area contributed by atoms with Crippen LogP contribution in [0.25, 0.3) is 0 Å². The molecule has 1 rings (SSSR count). The average molecular weight is 170 g/mol. The van der Waals surface area contributed by atoms with Gasteiger partial charge < -0.3 is 4.57 Å². The maximum atomic E-state index is 4.27. The lowest BCUT2D eigenvalue weighted by molar-refractivity contribution is 0.580. The molecule has 0 saturated heterocycles. The van der Waals surface area contributed by atoms with Crippen LogP contribution in [0.4, 0.5) is 0 Å². The molecule has 0 fully saturated rings. The molecule has 0 bridgehead atoms. The summed E-state index contributed by atoms with van der Waals surface area (Å²) in [6.07, 6.45) is 6.00. The molecular weight excluding hydrogens is 156 g/mol. The van der Waals surface area contributed by atoms with Crippen LogP contribution in [0.3, 0.4) is 0 Å². The molecule has 1 aromatic rings. The smallest absolute Gasteiger partial charge is 0.118 e. The second-order valence-corrected chi connectivity index (χ2v) is 3.64. The van der Waals surface area contributed by atoms with Crippen LogP contribution in [0.1, 0.15) is 25.7 Å². The summed E-state index contributed by atoms with van der Waals surface area (Å²) in [6, 6.07) is 0.527. The molecule has 1 heterocycles. The first kappa shape index (κ1) is 8.65. The Morgan fingerprint density at radius 1 is 1.64 bits per heavy atom. The van der Waals surface area contributed by atoms with Gasteiger partial charge in [-0.15, -0.1) is 0 Å². The molecule has 0 N–H and O–H groups in total. The fraction of sp³-hybridized carbons (Fsp3) is 0.625. The summed E-state index contributed by atoms with van der Waals surface area (Å²) >= 11 is 1.81. The van der Waals surface area contributed by atoms with Gasteiger partial charge in [-0.25, -0.2) is 4.98 Å². The Morgan fingerprint density at radius 3 is 2.91 bits per heavy atom. The molecule has 2 nitrogen and oxygen atoms in total. The normalized spacial score (nSPS) is 10.9. The number of nitrogens with zero attached hydrogens (tertiary/aromatic N) is 2. The van der Waals surface area contributed by atoms with E-state index in [-0.39, 0.29) is 0 Å². The number of imidazole rings is 1. The number of aromatic nitrogens is 2. The summed E-state index contributed by atoms with van der Waals surface area (Å²) in [5, 5.41) is 0. The molecule has 0 spiro atoms. The highest BCUT2D eigenvalue weighted by molar-refractivity contribution is 7.97. The van der Waals surface area contributed by atoms with Crippen LogP contribution in [-0.4, -0.2) is 15.8 Å². The molecular formula is C8H14N2S. The van der Waals surface area contributed by atoms with E-state index in [0.717, 1.165) is 5.75 Å². The third-order valence-electron chi connectivity index (χ3n) is 1.58. The van der Waals surface area contributed by atoms with Gasteiger partial charge >= 0.3 is 0 Å². The first-order valence-electron chi connectivity index (χ1n) is 3.76. The Bertz CT molecular complexity index is 218. The van der Waals surface area contributed by atoms with Crippen molar-refractivity contribution in [1.82, 2.24) is 9.55 Å². The highest BCUT2D eigenvalue weighted by atomic mass is 32.2. The van der Waals surface area contributed by atoms with Crippen molar-refractivity contribution in [3.8, 4) is 0 Å². The van der Waals surface area contributed by atoms with Gasteiger partial charge in [0, 0.05) is 18.4 Å². The zero-order valence-electron chi connectivity index (χ0n) is 7.24. The van der Waals surface area contributed by atoms with Gasteiger partial charge in [0.25, 0.3) is 0 Å². The Balaban J connectivity index is 2.78. The van der Waals surface area contributed by atoms with Gasteiger partial charge in [-0.3, -0.25) is 0 Å². The van der Waals surface area contributed by atoms with Crippen molar-refractivity contribution in [2.75, 3.05) is 6.26 Å². The maximum absolute atomic E-state index is 4.27. The quantitative estimate of drug-likeness (QED) is 0.693. The molecule has 0 aliphatic rings. The molecule has 1 aromatic heterocycles. The summed E-state index contributed by atoms with van der Waals surface area (Å²) in [5.74, 6) is 2.18. The minimum atomic E-state index is 0.527. The second kappa shape index (κ2) is 3.81. The molecule has 0 aromatic carbocycles. The zero-order valence-corrected chi connectivity index (χ0v) is 8.06. The summed E-state index contributed by atoms with van der Waals surface area (Å²) in [7, 11) is 0. The largest absolute Gasteiger partial charge is 0.332 e. The molecule has 0 radical (unpaired) electrons. The monoisotopic (exact) mass is 170 g/mol. The Hall–Kier alpha value is -0.440. The number of hydrogen-bond donors (Lipinski definition) is 0. The Morgan fingerprint density at radius 2 is 2.36 bits per heavy atom. The fourth-order valence-corrected chi connectivity index (χ4v) is 1.54. The number of hydrogen-bond acceptors (Lipinski definition) is 2. The number of thioether (sulfide) groups is 1. The molecule has 3 heteroatoms. The maximum Gasteiger partial charge on any atom is 0.118 e. The lowest BCUT2D eigenvalue weighted by atomic mass is 10.4. The van der Waals surface area contributed by atoms with Crippen molar-refractivity contribution >= 4 is 11.8 Å². The van der Waals surface area contributed by atoms with Crippen LogP contribution in [0.15, 0.2) is 12.4 Å². The first-order chi connectivity index (χ1) is 5.25. The molecule has 0 unspecified atom stereocenters. The van der Waals surface area contributed by atoms with E-state index < -0.39 is 0 Å². The van der Waals surface area contributed by atoms with Gasteiger partial charge in [0.15, 0.2) is 0 Å². The second-order valence-electron chi connectivity index (χ2n) is 2.78. The van der Waals surface area contributed by atoms with E-state index in [4.69, 9.17) is 0 Å². The van der Waals surface area contributed by atoms with Gasteiger partial charge in [-0.2, -0.15) is 11.8 Å². The van der Waals surface area contributed by atoms with Gasteiger partial charge in [0.1, 0.15) is 5.82 Å². The third-order valence-corrected chi connectivity index (χ3v) is 2.13. The topological polar surface area (TPSA) is 17.8 Å². The molecule has 0 aliphatic heterocycles. The van der Waals surface area contributed by atoms with Crippen molar-refractivity contribution in [1.29, 1.82) is 0 Å². The minimum Gasteiger partial charge on any atom is -0.332 e. The Kier molecular flexibility index (Phi) is 3.00. The van der Waals surface area contributed by atoms with Gasteiger partial charge in [0.05, 0.1) is 5.75 Å². The summed E-state index contributed by atoms with van der Waals surface area (Å²) in [6.45, 7) is 4.34. The molecule has 62 valence electrons. The SMILES string of the molecule is CSCc1nccn1C(C)C. The molecule has 0 amide bonds. The Labute approximate surface area is 72.0 Å². The summed E-state index contributed by atoms with van der Waals surface area (Å²) < 4.78 is 2.20. The minimum absolute atomic E-state index is 0.527. The van der Waals surface area contributed by atoms with Crippen LogP contribution in [0, 0.1) is 0 Å². The van der Waals surface area contributed by atoms with E-state index in [9.17, 15) is 0 Å². The van der Waals surface area contributed by atoms with Crippen molar-refractivity contribution in [3.63, 3.8) is 0 Å². The van der Waals surface area contributed by atoms with E-state index in [1.54, 1.807) is 0 Å². The van der Waals surface area contributed by atoms with Crippen LogP contribution in [-0.2, 0) is 5.75 Å². The van der Waals surface area contributed by atoms with Crippen LogP contribution < -0.4 is 0 Å². The van der Waals surface area contributed by atoms with Crippen molar-refractivity contribution < 1.29 is 0 Å². The molecule has 0 atom stereocenters. The van der Waals surface area contributed by atoms with Crippen molar-refractivity contribution in [3.05, 3.63) is 18.2 Å². The number of rotatable bonds is 3. The van der Waals surface area contributed by atoms with Gasteiger partial charge in [-0.1, -0.05) is 0 Å². The lowest BCUT2D eigenvalue weighted by Gasteiger charge is -2.09. The van der Waals surface area contributed by atoms with E-state index in [1.807, 2.05) is 24.2 Å². The third kappa shape index (κ3) is 1.99. The predicted octanol–water partition coefficient (Wildman–Crippen LogP) is 2.33.